The molecule has 1 fully saturated rings. The first-order chi connectivity index (χ1) is 19.3. The van der Waals surface area contributed by atoms with Crippen LogP contribution >= 0.6 is 0 Å². The number of nitrogens with zero attached hydrogens (tertiary/aromatic N) is 5. The highest BCUT2D eigenvalue weighted by atomic mass is 16.5. The maximum absolute atomic E-state index is 12.9. The quantitative estimate of drug-likeness (QED) is 0.311. The average Bonchev–Trinajstić information content (AvgIpc) is 3.70. The van der Waals surface area contributed by atoms with Crippen molar-refractivity contribution >= 4 is 33.5 Å². The minimum atomic E-state index is -0.346. The summed E-state index contributed by atoms with van der Waals surface area (Å²) in [4.78, 5) is 32.4. The molecule has 0 unspecified atom stereocenters. The summed E-state index contributed by atoms with van der Waals surface area (Å²) >= 11 is 0. The SMILES string of the molecule is CC(C)(C)c1noc(C(=O)N[C@@H]2CCc3cc(-c4ncnc5[nH]c6cc(N7CCNCC7)ccc6c45)ccc32)n1. The lowest BCUT2D eigenvalue weighted by Crippen LogP contribution is -2.43. The summed E-state index contributed by atoms with van der Waals surface area (Å²) in [5.74, 6) is 0.168. The van der Waals surface area contributed by atoms with Gasteiger partial charge in [0.25, 0.3) is 0 Å². The maximum atomic E-state index is 12.9. The first kappa shape index (κ1) is 24.7. The molecule has 1 aliphatic carbocycles. The zero-order valence-electron chi connectivity index (χ0n) is 22.9. The van der Waals surface area contributed by atoms with E-state index in [-0.39, 0.29) is 23.3 Å². The van der Waals surface area contributed by atoms with Crippen LogP contribution in [0, 0.1) is 0 Å². The number of benzene rings is 2. The Hall–Kier alpha value is -4.31. The number of aromatic amines is 1. The Morgan fingerprint density at radius 2 is 1.95 bits per heavy atom. The number of hydrogen-bond acceptors (Lipinski definition) is 8. The molecule has 3 N–H and O–H groups in total. The summed E-state index contributed by atoms with van der Waals surface area (Å²) < 4.78 is 5.24. The molecule has 7 rings (SSSR count). The molecule has 2 aliphatic rings. The number of carbonyl (C=O) groups excluding carboxylic acids is 1. The number of fused-ring (bicyclic) bond motifs is 4. The molecular formula is C30H32N8O2. The Morgan fingerprint density at radius 3 is 2.75 bits per heavy atom. The van der Waals surface area contributed by atoms with Gasteiger partial charge in [0.1, 0.15) is 12.0 Å². The second-order valence-electron chi connectivity index (χ2n) is 11.7. The lowest BCUT2D eigenvalue weighted by molar-refractivity contribution is 0.0892. The fourth-order valence-corrected chi connectivity index (χ4v) is 5.81. The molecule has 0 spiro atoms. The van der Waals surface area contributed by atoms with Crippen molar-refractivity contribution in [1.29, 1.82) is 0 Å². The average molecular weight is 537 g/mol. The summed E-state index contributed by atoms with van der Waals surface area (Å²) in [6, 6.07) is 12.9. The molecule has 1 saturated heterocycles. The summed E-state index contributed by atoms with van der Waals surface area (Å²) in [6.07, 6.45) is 3.30. The number of hydrogen-bond donors (Lipinski definition) is 3. The summed E-state index contributed by atoms with van der Waals surface area (Å²) in [5, 5.41) is 12.6. The van der Waals surface area contributed by atoms with Gasteiger partial charge in [-0.15, -0.1) is 0 Å². The summed E-state index contributed by atoms with van der Waals surface area (Å²) in [7, 11) is 0. The molecule has 0 bridgehead atoms. The number of piperazine rings is 1. The number of aromatic nitrogens is 5. The molecule has 1 amide bonds. The number of amides is 1. The molecule has 1 aliphatic heterocycles. The monoisotopic (exact) mass is 536 g/mol. The van der Waals surface area contributed by atoms with Crippen LogP contribution in [0.1, 0.15) is 60.9 Å². The van der Waals surface area contributed by atoms with Crippen LogP contribution in [0.25, 0.3) is 33.2 Å². The summed E-state index contributed by atoms with van der Waals surface area (Å²) in [6.45, 7) is 9.95. The zero-order valence-corrected chi connectivity index (χ0v) is 22.9. The van der Waals surface area contributed by atoms with Gasteiger partial charge in [-0.05, 0) is 42.2 Å². The number of H-pyrrole nitrogens is 1. The van der Waals surface area contributed by atoms with Gasteiger partial charge in [-0.2, -0.15) is 4.98 Å². The first-order valence-electron chi connectivity index (χ1n) is 13.9. The Labute approximate surface area is 231 Å². The van der Waals surface area contributed by atoms with Crippen LogP contribution in [0.4, 0.5) is 5.69 Å². The molecule has 204 valence electrons. The zero-order chi connectivity index (χ0) is 27.4. The molecule has 40 heavy (non-hydrogen) atoms. The predicted molar refractivity (Wildman–Crippen MR) is 153 cm³/mol. The van der Waals surface area contributed by atoms with Crippen molar-refractivity contribution in [2.24, 2.45) is 0 Å². The topological polar surface area (TPSA) is 125 Å². The van der Waals surface area contributed by atoms with E-state index in [1.165, 1.54) is 11.3 Å². The molecule has 2 aromatic carbocycles. The van der Waals surface area contributed by atoms with Crippen LogP contribution in [0.5, 0.6) is 0 Å². The fourth-order valence-electron chi connectivity index (χ4n) is 5.81. The molecule has 10 nitrogen and oxygen atoms in total. The lowest BCUT2D eigenvalue weighted by atomic mass is 9.96. The predicted octanol–water partition coefficient (Wildman–Crippen LogP) is 4.29. The minimum absolute atomic E-state index is 0.00202. The van der Waals surface area contributed by atoms with Gasteiger partial charge in [0, 0.05) is 53.7 Å². The van der Waals surface area contributed by atoms with Crippen LogP contribution in [0.2, 0.25) is 0 Å². The van der Waals surface area contributed by atoms with Crippen molar-refractivity contribution < 1.29 is 9.32 Å². The largest absolute Gasteiger partial charge is 0.369 e. The van der Waals surface area contributed by atoms with Gasteiger partial charge in [0.2, 0.25) is 0 Å². The molecule has 0 radical (unpaired) electrons. The van der Waals surface area contributed by atoms with Gasteiger partial charge in [0.15, 0.2) is 5.82 Å². The fraction of sp³-hybridized carbons (Fsp3) is 0.367. The Kier molecular flexibility index (Phi) is 5.81. The van der Waals surface area contributed by atoms with E-state index in [4.69, 9.17) is 9.51 Å². The second-order valence-corrected chi connectivity index (χ2v) is 11.7. The van der Waals surface area contributed by atoms with Crippen molar-refractivity contribution in [3.8, 4) is 11.3 Å². The number of rotatable bonds is 4. The smallest absolute Gasteiger partial charge is 0.315 e. The standard InChI is InChI=1S/C30H32N8O2/c1-30(2,3)29-36-28(40-37-29)27(39)35-22-9-5-17-14-18(4-7-20(17)22)25-24-21-8-6-19(38-12-10-31-11-13-38)15-23(21)34-26(24)33-16-32-25/h4,6-8,14-16,22,31H,5,9-13H2,1-3H3,(H,35,39)(H,32,33,34)/t22-/m1/s1. The van der Waals surface area contributed by atoms with Crippen LogP contribution in [-0.2, 0) is 11.8 Å². The molecule has 1 atom stereocenters. The van der Waals surface area contributed by atoms with Crippen LogP contribution in [0.15, 0.2) is 47.2 Å². The van der Waals surface area contributed by atoms with Gasteiger partial charge in [-0.1, -0.05) is 44.1 Å². The number of nitrogens with one attached hydrogen (secondary N) is 3. The third-order valence-electron chi connectivity index (χ3n) is 7.95. The first-order valence-corrected chi connectivity index (χ1v) is 13.9. The van der Waals surface area contributed by atoms with Crippen molar-refractivity contribution in [3.63, 3.8) is 0 Å². The van der Waals surface area contributed by atoms with Crippen molar-refractivity contribution in [2.75, 3.05) is 31.1 Å². The summed E-state index contributed by atoms with van der Waals surface area (Å²) in [5.41, 5.74) is 7.08. The maximum Gasteiger partial charge on any atom is 0.315 e. The highest BCUT2D eigenvalue weighted by molar-refractivity contribution is 6.12. The lowest BCUT2D eigenvalue weighted by Gasteiger charge is -2.29. The Bertz CT molecular complexity index is 1740. The van der Waals surface area contributed by atoms with E-state index in [1.54, 1.807) is 6.33 Å². The molecule has 3 aromatic heterocycles. The van der Waals surface area contributed by atoms with Gasteiger partial charge in [-0.3, -0.25) is 4.79 Å². The van der Waals surface area contributed by atoms with Crippen molar-refractivity contribution in [1.82, 2.24) is 35.7 Å². The highest BCUT2D eigenvalue weighted by Crippen LogP contribution is 2.38. The van der Waals surface area contributed by atoms with E-state index in [9.17, 15) is 4.79 Å². The van der Waals surface area contributed by atoms with E-state index in [0.29, 0.717) is 5.82 Å². The van der Waals surface area contributed by atoms with Gasteiger partial charge >= 0.3 is 11.8 Å². The van der Waals surface area contributed by atoms with E-state index < -0.39 is 0 Å². The molecule has 10 heteroatoms. The Morgan fingerprint density at radius 1 is 1.10 bits per heavy atom. The van der Waals surface area contributed by atoms with Crippen LogP contribution in [0.3, 0.4) is 0 Å². The number of anilines is 1. The van der Waals surface area contributed by atoms with Crippen LogP contribution < -0.4 is 15.5 Å². The van der Waals surface area contributed by atoms with Gasteiger partial charge < -0.3 is 25.0 Å². The van der Waals surface area contributed by atoms with E-state index in [1.807, 2.05) is 20.8 Å². The molecule has 4 heterocycles. The van der Waals surface area contributed by atoms with E-state index >= 15 is 0 Å². The number of aryl methyl sites for hydroxylation is 1. The van der Waals surface area contributed by atoms with E-state index in [0.717, 1.165) is 77.8 Å². The molecule has 0 saturated carbocycles. The molecule has 5 aromatic rings. The third kappa shape index (κ3) is 4.28. The van der Waals surface area contributed by atoms with Gasteiger partial charge in [-0.25, -0.2) is 9.97 Å². The second kappa shape index (κ2) is 9.41. The highest BCUT2D eigenvalue weighted by Gasteiger charge is 2.29. The van der Waals surface area contributed by atoms with Gasteiger partial charge in [0.05, 0.1) is 17.1 Å². The Balaban J connectivity index is 1.17. The third-order valence-corrected chi connectivity index (χ3v) is 7.95. The number of carbonyl (C=O) groups is 1. The van der Waals surface area contributed by atoms with E-state index in [2.05, 4.69) is 72.0 Å². The van der Waals surface area contributed by atoms with Crippen molar-refractivity contribution in [2.45, 2.75) is 45.1 Å². The molecular weight excluding hydrogens is 504 g/mol. The minimum Gasteiger partial charge on any atom is -0.369 e. The normalized spacial score (nSPS) is 17.5. The van der Waals surface area contributed by atoms with Crippen LogP contribution in [-0.4, -0.2) is 57.2 Å². The van der Waals surface area contributed by atoms with Crippen molar-refractivity contribution in [3.05, 3.63) is 65.6 Å².